The number of carbonyl (C=O) groups is 1. The maximum Gasteiger partial charge on any atom is 0.410 e. The second-order valence-electron chi connectivity index (χ2n) is 5.67. The van der Waals surface area contributed by atoms with Crippen molar-refractivity contribution in [3.8, 4) is 0 Å². The maximum absolute atomic E-state index is 12.2. The van der Waals surface area contributed by atoms with E-state index in [1.54, 1.807) is 4.90 Å². The molecule has 0 N–H and O–H groups in total. The Bertz CT molecular complexity index is 262. The number of allylic oxidation sites excluding steroid dienone is 1. The summed E-state index contributed by atoms with van der Waals surface area (Å²) >= 11 is 0. The smallest absolute Gasteiger partial charge is 0.410 e. The highest BCUT2D eigenvalue weighted by molar-refractivity contribution is 5.68. The molecule has 18 heavy (non-hydrogen) atoms. The van der Waals surface area contributed by atoms with E-state index >= 15 is 0 Å². The minimum atomic E-state index is -0.219. The number of nitrogens with zero attached hydrogens (tertiary/aromatic N) is 1. The van der Waals surface area contributed by atoms with Gasteiger partial charge in [0.25, 0.3) is 0 Å². The molecule has 0 bridgehead atoms. The van der Waals surface area contributed by atoms with Crippen molar-refractivity contribution < 1.29 is 9.53 Å². The summed E-state index contributed by atoms with van der Waals surface area (Å²) in [5, 5.41) is 0. The summed E-state index contributed by atoms with van der Waals surface area (Å²) in [6.45, 7) is 14.2. The average molecular weight is 255 g/mol. The van der Waals surface area contributed by atoms with Crippen LogP contribution < -0.4 is 0 Å². The van der Waals surface area contributed by atoms with Gasteiger partial charge in [0.05, 0.1) is 0 Å². The third-order valence-electron chi connectivity index (χ3n) is 2.69. The van der Waals surface area contributed by atoms with Crippen molar-refractivity contribution >= 4 is 6.09 Å². The fraction of sp³-hybridized carbons (Fsp3) is 0.800. The molecule has 0 radical (unpaired) electrons. The lowest BCUT2D eigenvalue weighted by Gasteiger charge is -2.31. The molecule has 3 nitrogen and oxygen atoms in total. The first-order valence-electron chi connectivity index (χ1n) is 6.91. The van der Waals surface area contributed by atoms with Gasteiger partial charge < -0.3 is 9.64 Å². The van der Waals surface area contributed by atoms with Crippen LogP contribution in [0.4, 0.5) is 4.79 Å². The van der Waals surface area contributed by atoms with E-state index in [0.29, 0.717) is 5.92 Å². The topological polar surface area (TPSA) is 29.5 Å². The highest BCUT2D eigenvalue weighted by atomic mass is 16.6. The van der Waals surface area contributed by atoms with E-state index in [1.165, 1.54) is 0 Å². The summed E-state index contributed by atoms with van der Waals surface area (Å²) in [5.74, 6) is 0.505. The van der Waals surface area contributed by atoms with Crippen LogP contribution in [0.2, 0.25) is 0 Å². The molecule has 0 rings (SSSR count). The lowest BCUT2D eigenvalue weighted by Crippen LogP contribution is -2.43. The van der Waals surface area contributed by atoms with Crippen LogP contribution in [0.5, 0.6) is 0 Å². The molecule has 0 heterocycles. The van der Waals surface area contributed by atoms with Gasteiger partial charge in [-0.2, -0.15) is 0 Å². The molecule has 1 atom stereocenters. The van der Waals surface area contributed by atoms with Crippen LogP contribution in [0.3, 0.4) is 0 Å². The Kier molecular flexibility index (Phi) is 7.72. The molecule has 0 saturated heterocycles. The zero-order valence-electron chi connectivity index (χ0n) is 12.9. The Balaban J connectivity index is 4.65. The largest absolute Gasteiger partial charge is 0.442 e. The number of carbonyl (C=O) groups excluding carboxylic acids is 1. The predicted octanol–water partition coefficient (Wildman–Crippen LogP) is 4.23. The van der Waals surface area contributed by atoms with E-state index in [2.05, 4.69) is 13.8 Å². The molecule has 0 aromatic heterocycles. The van der Waals surface area contributed by atoms with Crippen LogP contribution in [0, 0.1) is 5.92 Å². The molecule has 0 aliphatic rings. The molecule has 0 aliphatic carbocycles. The van der Waals surface area contributed by atoms with Gasteiger partial charge in [0.2, 0.25) is 0 Å². The summed E-state index contributed by atoms with van der Waals surface area (Å²) in [7, 11) is 0. The van der Waals surface area contributed by atoms with E-state index in [1.807, 2.05) is 46.8 Å². The molecule has 0 saturated carbocycles. The fourth-order valence-electron chi connectivity index (χ4n) is 2.05. The number of rotatable bonds is 6. The van der Waals surface area contributed by atoms with Crippen molar-refractivity contribution in [2.24, 2.45) is 5.92 Å². The van der Waals surface area contributed by atoms with Crippen LogP contribution in [0.25, 0.3) is 0 Å². The summed E-state index contributed by atoms with van der Waals surface area (Å²) in [5.41, 5.74) is 0. The van der Waals surface area contributed by atoms with Gasteiger partial charge in [-0.25, -0.2) is 4.79 Å². The number of hydrogen-bond donors (Lipinski definition) is 0. The van der Waals surface area contributed by atoms with Crippen molar-refractivity contribution in [1.82, 2.24) is 4.90 Å². The summed E-state index contributed by atoms with van der Waals surface area (Å²) in [4.78, 5) is 13.9. The Morgan fingerprint density at radius 3 is 1.94 bits per heavy atom. The van der Waals surface area contributed by atoms with Crippen LogP contribution in [-0.4, -0.2) is 29.2 Å². The molecule has 3 heteroatoms. The third-order valence-corrected chi connectivity index (χ3v) is 2.69. The van der Waals surface area contributed by atoms with E-state index in [9.17, 15) is 4.79 Å². The quantitative estimate of drug-likeness (QED) is 0.665. The van der Waals surface area contributed by atoms with Gasteiger partial charge in [-0.3, -0.25) is 0 Å². The summed E-state index contributed by atoms with van der Waals surface area (Å²) < 4.78 is 5.59. The minimum Gasteiger partial charge on any atom is -0.442 e. The van der Waals surface area contributed by atoms with Gasteiger partial charge in [0.1, 0.15) is 6.10 Å². The fourth-order valence-corrected chi connectivity index (χ4v) is 2.05. The molecule has 106 valence electrons. The van der Waals surface area contributed by atoms with Gasteiger partial charge in [0.15, 0.2) is 0 Å². The zero-order valence-corrected chi connectivity index (χ0v) is 12.9. The number of amides is 1. The van der Waals surface area contributed by atoms with Gasteiger partial charge in [-0.15, -0.1) is 0 Å². The highest BCUT2D eigenvalue weighted by Crippen LogP contribution is 2.14. The van der Waals surface area contributed by atoms with Crippen molar-refractivity contribution in [1.29, 1.82) is 0 Å². The van der Waals surface area contributed by atoms with E-state index in [0.717, 1.165) is 6.42 Å². The number of hydrogen-bond acceptors (Lipinski definition) is 2. The monoisotopic (exact) mass is 255 g/mol. The maximum atomic E-state index is 12.2. The van der Waals surface area contributed by atoms with Crippen LogP contribution in [-0.2, 0) is 4.74 Å². The lowest BCUT2D eigenvalue weighted by molar-refractivity contribution is 0.0541. The Morgan fingerprint density at radius 2 is 1.61 bits per heavy atom. The number of ether oxygens (including phenoxy) is 1. The van der Waals surface area contributed by atoms with Gasteiger partial charge in [0, 0.05) is 12.1 Å². The predicted molar refractivity (Wildman–Crippen MR) is 76.6 cm³/mol. The van der Waals surface area contributed by atoms with E-state index < -0.39 is 0 Å². The summed E-state index contributed by atoms with van der Waals surface area (Å²) in [6, 6.07) is 0.311. The first-order chi connectivity index (χ1) is 8.29. The Morgan fingerprint density at radius 1 is 1.11 bits per heavy atom. The molecular formula is C15H29NO2. The van der Waals surface area contributed by atoms with Crippen LogP contribution >= 0.6 is 0 Å². The molecule has 0 aliphatic heterocycles. The van der Waals surface area contributed by atoms with Gasteiger partial charge in [-0.05, 0) is 53.0 Å². The SMILES string of the molecule is C/C=C/[C@H](CC(C)C)OC(=O)N(C(C)C)C(C)C. The second-order valence-corrected chi connectivity index (χ2v) is 5.67. The Labute approximate surface area is 112 Å². The van der Waals surface area contributed by atoms with Crippen molar-refractivity contribution in [2.45, 2.75) is 73.1 Å². The molecular weight excluding hydrogens is 226 g/mol. The lowest BCUT2D eigenvalue weighted by atomic mass is 10.1. The van der Waals surface area contributed by atoms with E-state index in [4.69, 9.17) is 4.74 Å². The first-order valence-corrected chi connectivity index (χ1v) is 6.91. The molecule has 0 spiro atoms. The molecule has 0 fully saturated rings. The third kappa shape index (κ3) is 6.08. The van der Waals surface area contributed by atoms with Crippen molar-refractivity contribution in [2.75, 3.05) is 0 Å². The van der Waals surface area contributed by atoms with Crippen molar-refractivity contribution in [3.63, 3.8) is 0 Å². The zero-order chi connectivity index (χ0) is 14.3. The van der Waals surface area contributed by atoms with Gasteiger partial charge in [-0.1, -0.05) is 19.9 Å². The van der Waals surface area contributed by atoms with Crippen LogP contribution in [0.1, 0.15) is 54.9 Å². The van der Waals surface area contributed by atoms with E-state index in [-0.39, 0.29) is 24.3 Å². The van der Waals surface area contributed by atoms with Gasteiger partial charge >= 0.3 is 6.09 Å². The molecule has 0 unspecified atom stereocenters. The Hall–Kier alpha value is -0.990. The average Bonchev–Trinajstić information content (AvgIpc) is 2.14. The standard InChI is InChI=1S/C15H29NO2/c1-8-9-14(10-11(2)3)18-15(17)16(12(4)5)13(6)7/h8-9,11-14H,10H2,1-7H3/b9-8+/t14-/m1/s1. The minimum absolute atomic E-state index is 0.123. The molecule has 1 amide bonds. The first kappa shape index (κ1) is 17.0. The summed E-state index contributed by atoms with van der Waals surface area (Å²) in [6.07, 6.45) is 4.41. The van der Waals surface area contributed by atoms with Crippen molar-refractivity contribution in [3.05, 3.63) is 12.2 Å². The normalized spacial score (nSPS) is 13.7. The molecule has 0 aromatic rings. The van der Waals surface area contributed by atoms with Crippen LogP contribution in [0.15, 0.2) is 12.2 Å². The second kappa shape index (κ2) is 8.17. The molecule has 0 aromatic carbocycles. The highest BCUT2D eigenvalue weighted by Gasteiger charge is 2.24.